The van der Waals surface area contributed by atoms with Gasteiger partial charge in [0.05, 0.1) is 30.6 Å². The Morgan fingerprint density at radius 1 is 1.30 bits per heavy atom. The van der Waals surface area contributed by atoms with Crippen molar-refractivity contribution >= 4 is 17.4 Å². The van der Waals surface area contributed by atoms with Crippen LogP contribution in [0.25, 0.3) is 5.65 Å². The summed E-state index contributed by atoms with van der Waals surface area (Å²) in [6, 6.07) is 5.77. The van der Waals surface area contributed by atoms with Crippen molar-refractivity contribution in [2.24, 2.45) is 0 Å². The third-order valence-electron chi connectivity index (χ3n) is 5.92. The Kier molecular flexibility index (Phi) is 4.08. The number of ether oxygens (including phenoxy) is 2. The van der Waals surface area contributed by atoms with Crippen LogP contribution in [-0.4, -0.2) is 39.6 Å². The number of methoxy groups -OCH3 is 1. The highest BCUT2D eigenvalue weighted by atomic mass is 19.3. The molecule has 3 aromatic heterocycles. The first-order valence-corrected chi connectivity index (χ1v) is 9.59. The van der Waals surface area contributed by atoms with E-state index < -0.39 is 18.0 Å². The molecule has 7 nitrogen and oxygen atoms in total. The molecule has 156 valence electrons. The Morgan fingerprint density at radius 2 is 2.10 bits per heavy atom. The molecular weight excluding hydrogens is 394 g/mol. The van der Waals surface area contributed by atoms with E-state index in [1.807, 2.05) is 6.20 Å². The summed E-state index contributed by atoms with van der Waals surface area (Å²) in [6.07, 6.45) is 2.68. The van der Waals surface area contributed by atoms with Gasteiger partial charge < -0.3 is 19.2 Å². The number of hydrogen-bond donors (Lipinski definition) is 1. The minimum atomic E-state index is -2.72. The molecule has 2 saturated heterocycles. The minimum absolute atomic E-state index is 0.0435. The number of imidazole rings is 1. The molecule has 0 aromatic carbocycles. The second-order valence-corrected chi connectivity index (χ2v) is 8.22. The van der Waals surface area contributed by atoms with E-state index >= 15 is 0 Å². The van der Waals surface area contributed by atoms with E-state index in [9.17, 15) is 13.6 Å². The number of nitrogens with zero attached hydrogens (tertiary/aromatic N) is 3. The Morgan fingerprint density at radius 3 is 2.77 bits per heavy atom. The molecule has 30 heavy (non-hydrogen) atoms. The maximum Gasteiger partial charge on any atom is 0.280 e. The molecule has 6 rings (SSSR count). The molecule has 0 spiro atoms. The number of aromatic nitrogens is 3. The molecule has 9 heteroatoms. The first-order chi connectivity index (χ1) is 14.3. The SMILES string of the molecule is COc1cc2nc(C34COC(C)(C3)C4)cn2cc1C(=O)Nc1cccc(C(F)F)n1. The summed E-state index contributed by atoms with van der Waals surface area (Å²) < 4.78 is 38.8. The number of alkyl halides is 2. The van der Waals surface area contributed by atoms with E-state index in [-0.39, 0.29) is 22.4 Å². The van der Waals surface area contributed by atoms with E-state index in [1.54, 1.807) is 16.7 Å². The quantitative estimate of drug-likeness (QED) is 0.688. The number of carbonyl (C=O) groups is 1. The van der Waals surface area contributed by atoms with Crippen molar-refractivity contribution in [2.45, 2.75) is 37.2 Å². The van der Waals surface area contributed by atoms with Gasteiger partial charge in [-0.2, -0.15) is 0 Å². The van der Waals surface area contributed by atoms with Crippen molar-refractivity contribution in [2.75, 3.05) is 19.0 Å². The fourth-order valence-electron chi connectivity index (χ4n) is 4.59. The molecule has 3 fully saturated rings. The van der Waals surface area contributed by atoms with E-state index in [2.05, 4.69) is 17.2 Å². The van der Waals surface area contributed by atoms with Crippen LogP contribution in [-0.2, 0) is 10.2 Å². The lowest BCUT2D eigenvalue weighted by Crippen LogP contribution is -2.45. The van der Waals surface area contributed by atoms with E-state index in [4.69, 9.17) is 14.5 Å². The second-order valence-electron chi connectivity index (χ2n) is 8.22. The maximum absolute atomic E-state index is 12.9. The molecule has 2 bridgehead atoms. The maximum atomic E-state index is 12.9. The first kappa shape index (κ1) is 18.9. The van der Waals surface area contributed by atoms with Gasteiger partial charge in [0.25, 0.3) is 12.3 Å². The van der Waals surface area contributed by atoms with Crippen molar-refractivity contribution in [3.63, 3.8) is 0 Å². The average Bonchev–Trinajstić information content (AvgIpc) is 3.37. The van der Waals surface area contributed by atoms with Gasteiger partial charge >= 0.3 is 0 Å². The summed E-state index contributed by atoms with van der Waals surface area (Å²) in [4.78, 5) is 21.3. The van der Waals surface area contributed by atoms with Crippen LogP contribution in [0, 0.1) is 0 Å². The van der Waals surface area contributed by atoms with Gasteiger partial charge in [0, 0.05) is 23.9 Å². The van der Waals surface area contributed by atoms with Crippen LogP contribution in [0.1, 0.15) is 47.9 Å². The van der Waals surface area contributed by atoms with Crippen molar-refractivity contribution < 1.29 is 23.0 Å². The molecular formula is C21H20F2N4O3. The third-order valence-corrected chi connectivity index (χ3v) is 5.92. The van der Waals surface area contributed by atoms with Crippen LogP contribution < -0.4 is 10.1 Å². The van der Waals surface area contributed by atoms with E-state index in [0.717, 1.165) is 18.5 Å². The lowest BCUT2D eigenvalue weighted by atomic mass is 9.62. The van der Waals surface area contributed by atoms with Gasteiger partial charge in [-0.15, -0.1) is 0 Å². The molecule has 1 saturated carbocycles. The molecule has 2 aliphatic heterocycles. The summed E-state index contributed by atoms with van der Waals surface area (Å²) in [5, 5.41) is 2.56. The highest BCUT2D eigenvalue weighted by Gasteiger charge is 2.61. The average molecular weight is 414 g/mol. The topological polar surface area (TPSA) is 77.8 Å². The number of carbonyl (C=O) groups excluding carboxylic acids is 1. The number of hydrogen-bond acceptors (Lipinski definition) is 5. The number of nitrogens with one attached hydrogen (secondary N) is 1. The summed E-state index contributed by atoms with van der Waals surface area (Å²) in [7, 11) is 1.46. The number of pyridine rings is 2. The van der Waals surface area contributed by atoms with Crippen LogP contribution in [0.15, 0.2) is 36.7 Å². The van der Waals surface area contributed by atoms with Crippen LogP contribution >= 0.6 is 0 Å². The zero-order chi connectivity index (χ0) is 21.1. The molecule has 0 radical (unpaired) electrons. The summed E-state index contributed by atoms with van der Waals surface area (Å²) in [6.45, 7) is 2.75. The van der Waals surface area contributed by atoms with Crippen molar-refractivity contribution in [3.8, 4) is 5.75 Å². The molecule has 3 aromatic rings. The largest absolute Gasteiger partial charge is 0.496 e. The van der Waals surface area contributed by atoms with Crippen LogP contribution in [0.3, 0.4) is 0 Å². The molecule has 0 atom stereocenters. The van der Waals surface area contributed by atoms with Crippen LogP contribution in [0.4, 0.5) is 14.6 Å². The highest BCUT2D eigenvalue weighted by Crippen LogP contribution is 2.58. The molecule has 1 amide bonds. The zero-order valence-electron chi connectivity index (χ0n) is 16.5. The number of rotatable bonds is 5. The highest BCUT2D eigenvalue weighted by molar-refractivity contribution is 6.05. The standard InChI is InChI=1S/C21H20F2N4O3/c1-20-9-21(10-20,11-30-20)15-8-27-7-12(14(29-2)6-17(27)25-15)19(28)26-16-5-3-4-13(24-16)18(22)23/h3-8,18H,9-11H2,1-2H3,(H,24,26,28). The number of halogens is 2. The van der Waals surface area contributed by atoms with Crippen molar-refractivity contribution in [3.05, 3.63) is 53.6 Å². The zero-order valence-corrected chi connectivity index (χ0v) is 16.5. The molecule has 1 N–H and O–H groups in total. The normalized spacial score (nSPS) is 24.8. The lowest BCUT2D eigenvalue weighted by molar-refractivity contribution is 0.0154. The second kappa shape index (κ2) is 6.46. The Hall–Kier alpha value is -3.07. The van der Waals surface area contributed by atoms with Gasteiger partial charge in [0.1, 0.15) is 22.9 Å². The van der Waals surface area contributed by atoms with Gasteiger partial charge in [-0.25, -0.2) is 18.7 Å². The molecule has 5 heterocycles. The third kappa shape index (κ3) is 2.92. The summed E-state index contributed by atoms with van der Waals surface area (Å²) in [5.41, 5.74) is 1.31. The summed E-state index contributed by atoms with van der Waals surface area (Å²) >= 11 is 0. The first-order valence-electron chi connectivity index (χ1n) is 9.59. The minimum Gasteiger partial charge on any atom is -0.496 e. The van der Waals surface area contributed by atoms with Gasteiger partial charge in [-0.05, 0) is 31.9 Å². The summed E-state index contributed by atoms with van der Waals surface area (Å²) in [5.74, 6) is -0.135. The fourth-order valence-corrected chi connectivity index (χ4v) is 4.59. The van der Waals surface area contributed by atoms with Gasteiger partial charge in [-0.3, -0.25) is 4.79 Å². The van der Waals surface area contributed by atoms with E-state index in [0.29, 0.717) is 18.0 Å². The smallest absolute Gasteiger partial charge is 0.280 e. The van der Waals surface area contributed by atoms with E-state index in [1.165, 1.54) is 25.3 Å². The van der Waals surface area contributed by atoms with Crippen LogP contribution in [0.5, 0.6) is 5.75 Å². The van der Waals surface area contributed by atoms with Crippen LogP contribution in [0.2, 0.25) is 0 Å². The predicted octanol–water partition coefficient (Wildman–Crippen LogP) is 3.75. The molecule has 0 unspecified atom stereocenters. The lowest BCUT2D eigenvalue weighted by Gasteiger charge is -2.41. The Bertz CT molecular complexity index is 1150. The van der Waals surface area contributed by atoms with Gasteiger partial charge in [0.2, 0.25) is 0 Å². The molecule has 1 aliphatic carbocycles. The fraction of sp³-hybridized carbons (Fsp3) is 0.381. The number of anilines is 1. The van der Waals surface area contributed by atoms with Crippen molar-refractivity contribution in [1.29, 1.82) is 0 Å². The Balaban J connectivity index is 1.46. The Labute approximate surface area is 171 Å². The van der Waals surface area contributed by atoms with Gasteiger partial charge in [-0.1, -0.05) is 6.07 Å². The van der Waals surface area contributed by atoms with Crippen molar-refractivity contribution in [1.82, 2.24) is 14.4 Å². The number of amides is 1. The molecule has 3 aliphatic rings. The number of fused-ring (bicyclic) bond motifs is 2. The predicted molar refractivity (Wildman–Crippen MR) is 104 cm³/mol. The monoisotopic (exact) mass is 414 g/mol. The van der Waals surface area contributed by atoms with Gasteiger partial charge in [0.15, 0.2) is 0 Å².